The Hall–Kier alpha value is -3.61. The van der Waals surface area contributed by atoms with Gasteiger partial charge in [-0.3, -0.25) is 14.6 Å². The normalized spacial score (nSPS) is 10.7. The highest BCUT2D eigenvalue weighted by Gasteiger charge is 2.14. The number of carbonyl (C=O) groups is 2. The van der Waals surface area contributed by atoms with E-state index in [0.717, 1.165) is 10.8 Å². The molecule has 0 aliphatic carbocycles. The van der Waals surface area contributed by atoms with Gasteiger partial charge >= 0.3 is 0 Å². The van der Waals surface area contributed by atoms with Crippen LogP contribution in [0.2, 0.25) is 0 Å². The highest BCUT2D eigenvalue weighted by Crippen LogP contribution is 2.35. The van der Waals surface area contributed by atoms with E-state index in [1.807, 2.05) is 19.9 Å². The van der Waals surface area contributed by atoms with Crippen LogP contribution in [0, 0.1) is 0 Å². The molecule has 1 aromatic heterocycles. The summed E-state index contributed by atoms with van der Waals surface area (Å²) in [6.45, 7) is 5.10. The molecule has 30 heavy (non-hydrogen) atoms. The number of ether oxygens (including phenoxy) is 3. The number of nitrogens with zero attached hydrogens (tertiary/aromatic N) is 1. The van der Waals surface area contributed by atoms with Gasteiger partial charge in [0.25, 0.3) is 0 Å². The number of pyridine rings is 1. The van der Waals surface area contributed by atoms with Gasteiger partial charge in [0, 0.05) is 29.5 Å². The molecule has 2 aromatic carbocycles. The summed E-state index contributed by atoms with van der Waals surface area (Å²) in [6, 6.07) is 10.5. The lowest BCUT2D eigenvalue weighted by atomic mass is 10.1. The molecule has 156 valence electrons. The number of anilines is 1. The van der Waals surface area contributed by atoms with Gasteiger partial charge in [-0.15, -0.1) is 0 Å². The van der Waals surface area contributed by atoms with Crippen molar-refractivity contribution in [2.75, 3.05) is 19.0 Å². The van der Waals surface area contributed by atoms with Crippen molar-refractivity contribution in [2.24, 2.45) is 0 Å². The third kappa shape index (κ3) is 5.05. The second kappa shape index (κ2) is 9.26. The van der Waals surface area contributed by atoms with Crippen LogP contribution in [0.4, 0.5) is 5.69 Å². The Morgan fingerprint density at radius 3 is 2.60 bits per heavy atom. The minimum absolute atomic E-state index is 0.0146. The monoisotopic (exact) mass is 408 g/mol. The van der Waals surface area contributed by atoms with Gasteiger partial charge in [0.15, 0.2) is 23.9 Å². The number of aromatic nitrogens is 1. The number of fused-ring (bicyclic) bond motifs is 1. The molecule has 1 N–H and O–H groups in total. The number of hydrogen-bond acceptors (Lipinski definition) is 6. The maximum absolute atomic E-state index is 12.6. The van der Waals surface area contributed by atoms with E-state index in [1.54, 1.807) is 42.7 Å². The van der Waals surface area contributed by atoms with Crippen molar-refractivity contribution in [1.82, 2.24) is 4.98 Å². The molecule has 0 aliphatic rings. The molecule has 7 nitrogen and oxygen atoms in total. The van der Waals surface area contributed by atoms with Crippen LogP contribution in [0.1, 0.15) is 31.1 Å². The minimum atomic E-state index is -0.207. The molecule has 0 spiro atoms. The summed E-state index contributed by atoms with van der Waals surface area (Å²) < 4.78 is 16.8. The average Bonchev–Trinajstić information content (AvgIpc) is 2.71. The smallest absolute Gasteiger partial charge is 0.221 e. The Morgan fingerprint density at radius 2 is 1.90 bits per heavy atom. The SMILES string of the molecule is COc1cc2cncc(NC(C)=O)c2cc1OCC(=O)c1cccc(OC(C)C)c1. The maximum Gasteiger partial charge on any atom is 0.221 e. The number of Topliss-reactive ketones (excluding diaryl/α,β-unsaturated/α-hetero) is 1. The van der Waals surface area contributed by atoms with E-state index in [0.29, 0.717) is 28.5 Å². The van der Waals surface area contributed by atoms with E-state index >= 15 is 0 Å². The lowest BCUT2D eigenvalue weighted by molar-refractivity contribution is -0.114. The van der Waals surface area contributed by atoms with Gasteiger partial charge in [-0.1, -0.05) is 12.1 Å². The number of nitrogens with one attached hydrogen (secondary N) is 1. The summed E-state index contributed by atoms with van der Waals surface area (Å²) in [5, 5.41) is 4.25. The molecule has 0 saturated heterocycles. The zero-order valence-corrected chi connectivity index (χ0v) is 17.4. The molecule has 0 bridgehead atoms. The van der Waals surface area contributed by atoms with Crippen LogP contribution in [-0.4, -0.2) is 36.5 Å². The van der Waals surface area contributed by atoms with Crippen LogP contribution in [0.5, 0.6) is 17.2 Å². The van der Waals surface area contributed by atoms with Crippen molar-refractivity contribution in [3.8, 4) is 17.2 Å². The molecule has 3 aromatic rings. The maximum atomic E-state index is 12.6. The van der Waals surface area contributed by atoms with E-state index in [4.69, 9.17) is 14.2 Å². The number of amides is 1. The third-order valence-corrected chi connectivity index (χ3v) is 4.24. The van der Waals surface area contributed by atoms with Gasteiger partial charge in [-0.25, -0.2) is 0 Å². The van der Waals surface area contributed by atoms with E-state index in [9.17, 15) is 9.59 Å². The van der Waals surface area contributed by atoms with Gasteiger partial charge in [0.1, 0.15) is 5.75 Å². The van der Waals surface area contributed by atoms with E-state index in [2.05, 4.69) is 10.3 Å². The molecular formula is C23H24N2O5. The van der Waals surface area contributed by atoms with Gasteiger partial charge < -0.3 is 19.5 Å². The van der Waals surface area contributed by atoms with E-state index in [1.165, 1.54) is 14.0 Å². The van der Waals surface area contributed by atoms with Gasteiger partial charge in [-0.2, -0.15) is 0 Å². The zero-order valence-electron chi connectivity index (χ0n) is 17.4. The van der Waals surface area contributed by atoms with Crippen LogP contribution in [-0.2, 0) is 4.79 Å². The van der Waals surface area contributed by atoms with E-state index < -0.39 is 0 Å². The first-order chi connectivity index (χ1) is 14.4. The fourth-order valence-electron chi connectivity index (χ4n) is 2.98. The summed E-state index contributed by atoms with van der Waals surface area (Å²) in [6.07, 6.45) is 3.24. The molecular weight excluding hydrogens is 384 g/mol. The minimum Gasteiger partial charge on any atom is -0.493 e. The number of benzene rings is 2. The van der Waals surface area contributed by atoms with Crippen LogP contribution in [0.25, 0.3) is 10.8 Å². The Labute approximate surface area is 175 Å². The molecule has 0 unspecified atom stereocenters. The first kappa shape index (κ1) is 21.1. The van der Waals surface area contributed by atoms with Crippen molar-refractivity contribution in [3.63, 3.8) is 0 Å². The first-order valence-electron chi connectivity index (χ1n) is 9.53. The summed E-state index contributed by atoms with van der Waals surface area (Å²) in [5.74, 6) is 1.09. The van der Waals surface area contributed by atoms with Crippen molar-refractivity contribution in [2.45, 2.75) is 26.9 Å². The molecule has 1 amide bonds. The summed E-state index contributed by atoms with van der Waals surface area (Å²) in [4.78, 5) is 28.3. The third-order valence-electron chi connectivity index (χ3n) is 4.24. The molecule has 0 radical (unpaired) electrons. The quantitative estimate of drug-likeness (QED) is 0.561. The lowest BCUT2D eigenvalue weighted by Crippen LogP contribution is -2.13. The van der Waals surface area contributed by atoms with Crippen molar-refractivity contribution in [1.29, 1.82) is 0 Å². The van der Waals surface area contributed by atoms with Crippen molar-refractivity contribution < 1.29 is 23.8 Å². The Kier molecular flexibility index (Phi) is 6.51. The van der Waals surface area contributed by atoms with Gasteiger partial charge in [0.2, 0.25) is 5.91 Å². The fourth-order valence-corrected chi connectivity index (χ4v) is 2.98. The van der Waals surface area contributed by atoms with Gasteiger partial charge in [-0.05, 0) is 38.1 Å². The lowest BCUT2D eigenvalue weighted by Gasteiger charge is -2.14. The van der Waals surface area contributed by atoms with Crippen LogP contribution in [0.3, 0.4) is 0 Å². The molecule has 3 rings (SSSR count). The Bertz CT molecular complexity index is 1080. The summed E-state index contributed by atoms with van der Waals surface area (Å²) in [7, 11) is 1.52. The van der Waals surface area contributed by atoms with Crippen LogP contribution < -0.4 is 19.5 Å². The fraction of sp³-hybridized carbons (Fsp3) is 0.261. The zero-order chi connectivity index (χ0) is 21.7. The molecule has 1 heterocycles. The number of rotatable bonds is 8. The largest absolute Gasteiger partial charge is 0.493 e. The standard InChI is InChI=1S/C23H24N2O5/c1-14(2)30-18-7-5-6-16(8-18)21(27)13-29-23-10-19-17(9-22(23)28-4)11-24-12-20(19)25-15(3)26/h5-12,14H,13H2,1-4H3,(H,25,26). The van der Waals surface area contributed by atoms with Crippen molar-refractivity contribution in [3.05, 3.63) is 54.4 Å². The molecule has 0 fully saturated rings. The number of ketones is 1. The highest BCUT2D eigenvalue weighted by molar-refractivity contribution is 6.02. The first-order valence-corrected chi connectivity index (χ1v) is 9.53. The second-order valence-electron chi connectivity index (χ2n) is 7.00. The van der Waals surface area contributed by atoms with Gasteiger partial charge in [0.05, 0.1) is 25.1 Å². The molecule has 0 atom stereocenters. The number of carbonyl (C=O) groups excluding carboxylic acids is 2. The van der Waals surface area contributed by atoms with Crippen LogP contribution in [0.15, 0.2) is 48.8 Å². The predicted octanol–water partition coefficient (Wildman–Crippen LogP) is 4.25. The molecule has 7 heteroatoms. The molecule has 0 aliphatic heterocycles. The summed E-state index contributed by atoms with van der Waals surface area (Å²) in [5.41, 5.74) is 1.05. The number of methoxy groups -OCH3 is 1. The highest BCUT2D eigenvalue weighted by atomic mass is 16.5. The second-order valence-corrected chi connectivity index (χ2v) is 7.00. The topological polar surface area (TPSA) is 86.8 Å². The number of hydrogen-bond donors (Lipinski definition) is 1. The molecule has 0 saturated carbocycles. The average molecular weight is 408 g/mol. The van der Waals surface area contributed by atoms with Crippen molar-refractivity contribution >= 4 is 28.2 Å². The Morgan fingerprint density at radius 1 is 1.10 bits per heavy atom. The summed E-state index contributed by atoms with van der Waals surface area (Å²) >= 11 is 0. The predicted molar refractivity (Wildman–Crippen MR) is 115 cm³/mol. The van der Waals surface area contributed by atoms with E-state index in [-0.39, 0.29) is 24.4 Å². The van der Waals surface area contributed by atoms with Crippen LogP contribution >= 0.6 is 0 Å². The Balaban J connectivity index is 1.84.